The van der Waals surface area contributed by atoms with Crippen molar-refractivity contribution in [3.63, 3.8) is 0 Å². The molecule has 6 nitrogen and oxygen atoms in total. The highest BCUT2D eigenvalue weighted by atomic mass is 16.6. The molecule has 0 bridgehead atoms. The first-order valence-corrected chi connectivity index (χ1v) is 10.8. The van der Waals surface area contributed by atoms with E-state index in [1.165, 1.54) is 5.71 Å². The normalized spacial score (nSPS) is 23.1. The van der Waals surface area contributed by atoms with Crippen molar-refractivity contribution in [3.8, 4) is 11.4 Å². The van der Waals surface area contributed by atoms with E-state index in [9.17, 15) is 4.79 Å². The summed E-state index contributed by atoms with van der Waals surface area (Å²) in [5, 5.41) is 4.19. The van der Waals surface area contributed by atoms with Crippen LogP contribution in [0.4, 0.5) is 0 Å². The largest absolute Gasteiger partial charge is 0.391 e. The Morgan fingerprint density at radius 3 is 2.72 bits per heavy atom. The molecule has 6 heteroatoms. The van der Waals surface area contributed by atoms with E-state index in [0.29, 0.717) is 5.82 Å². The first kappa shape index (κ1) is 18.6. The van der Waals surface area contributed by atoms with Crippen LogP contribution in [0.25, 0.3) is 11.4 Å². The molecule has 3 heterocycles. The maximum atomic E-state index is 12.7. The number of fused-ring (bicyclic) bond motifs is 2. The van der Waals surface area contributed by atoms with Crippen LogP contribution in [0, 0.1) is 0 Å². The molecule has 1 aliphatic carbocycles. The summed E-state index contributed by atoms with van der Waals surface area (Å²) >= 11 is 0. The van der Waals surface area contributed by atoms with Crippen LogP contribution >= 0.6 is 0 Å². The number of rotatable bonds is 4. The predicted molar refractivity (Wildman–Crippen MR) is 113 cm³/mol. The Kier molecular flexibility index (Phi) is 4.74. The van der Waals surface area contributed by atoms with Gasteiger partial charge in [-0.05, 0) is 45.2 Å². The molecule has 152 valence electrons. The number of nitrogens with zero attached hydrogens (tertiary/aromatic N) is 3. The van der Waals surface area contributed by atoms with E-state index in [1.807, 2.05) is 30.3 Å². The van der Waals surface area contributed by atoms with Crippen LogP contribution in [0.3, 0.4) is 0 Å². The zero-order valence-corrected chi connectivity index (χ0v) is 17.0. The van der Waals surface area contributed by atoms with Gasteiger partial charge in [-0.1, -0.05) is 42.4 Å². The van der Waals surface area contributed by atoms with Crippen molar-refractivity contribution < 1.29 is 4.84 Å². The highest BCUT2D eigenvalue weighted by Crippen LogP contribution is 2.44. The zero-order valence-electron chi connectivity index (χ0n) is 17.0. The summed E-state index contributed by atoms with van der Waals surface area (Å²) in [5.41, 5.74) is 4.18. The number of benzene rings is 1. The molecule has 2 aliphatic heterocycles. The van der Waals surface area contributed by atoms with Gasteiger partial charge < -0.3 is 9.82 Å². The minimum Gasteiger partial charge on any atom is -0.391 e. The van der Waals surface area contributed by atoms with Gasteiger partial charge in [-0.25, -0.2) is 4.98 Å². The number of aromatic amines is 1. The SMILES string of the molecule is CCC1=NOC(CN2CCC3(CCc4c3nc(-c3ccccc3)[nH]c4=O)CC2)C1. The molecule has 1 spiro atoms. The first-order valence-electron chi connectivity index (χ1n) is 10.8. The molecule has 1 saturated heterocycles. The zero-order chi connectivity index (χ0) is 19.8. The average Bonchev–Trinajstić information content (AvgIpc) is 3.36. The monoisotopic (exact) mass is 392 g/mol. The Hall–Kier alpha value is -2.47. The van der Waals surface area contributed by atoms with E-state index in [-0.39, 0.29) is 17.1 Å². The summed E-state index contributed by atoms with van der Waals surface area (Å²) in [4.78, 5) is 28.8. The molecule has 0 saturated carbocycles. The molecule has 1 fully saturated rings. The number of aromatic nitrogens is 2. The molecule has 0 amide bonds. The van der Waals surface area contributed by atoms with Crippen LogP contribution < -0.4 is 5.56 Å². The molecular weight excluding hydrogens is 364 g/mol. The molecule has 1 unspecified atom stereocenters. The van der Waals surface area contributed by atoms with Crippen molar-refractivity contribution in [2.75, 3.05) is 19.6 Å². The number of H-pyrrole nitrogens is 1. The van der Waals surface area contributed by atoms with Gasteiger partial charge in [0.15, 0.2) is 0 Å². The third kappa shape index (κ3) is 3.39. The number of hydrogen-bond acceptors (Lipinski definition) is 5. The summed E-state index contributed by atoms with van der Waals surface area (Å²) in [6.07, 6.45) is 6.11. The van der Waals surface area contributed by atoms with E-state index in [4.69, 9.17) is 9.82 Å². The van der Waals surface area contributed by atoms with Crippen LogP contribution in [0.1, 0.15) is 50.3 Å². The van der Waals surface area contributed by atoms with Crippen molar-refractivity contribution in [1.82, 2.24) is 14.9 Å². The first-order chi connectivity index (χ1) is 14.2. The van der Waals surface area contributed by atoms with Gasteiger partial charge in [0.1, 0.15) is 11.9 Å². The Morgan fingerprint density at radius 2 is 2.00 bits per heavy atom. The van der Waals surface area contributed by atoms with Crippen LogP contribution in [-0.2, 0) is 16.7 Å². The lowest BCUT2D eigenvalue weighted by Crippen LogP contribution is -2.44. The van der Waals surface area contributed by atoms with Crippen LogP contribution in [-0.4, -0.2) is 46.3 Å². The summed E-state index contributed by atoms with van der Waals surface area (Å²) < 4.78 is 0. The van der Waals surface area contributed by atoms with Crippen molar-refractivity contribution in [2.24, 2.45) is 5.16 Å². The van der Waals surface area contributed by atoms with Crippen molar-refractivity contribution >= 4 is 5.71 Å². The quantitative estimate of drug-likeness (QED) is 0.867. The van der Waals surface area contributed by atoms with E-state index in [0.717, 1.165) is 75.0 Å². The van der Waals surface area contributed by atoms with Gasteiger partial charge in [-0.15, -0.1) is 0 Å². The maximum absolute atomic E-state index is 12.7. The molecule has 0 radical (unpaired) electrons. The fraction of sp³-hybridized carbons (Fsp3) is 0.522. The van der Waals surface area contributed by atoms with Crippen molar-refractivity contribution in [3.05, 3.63) is 51.9 Å². The van der Waals surface area contributed by atoms with Crippen molar-refractivity contribution in [1.29, 1.82) is 0 Å². The van der Waals surface area contributed by atoms with Crippen LogP contribution in [0.15, 0.2) is 40.3 Å². The van der Waals surface area contributed by atoms with E-state index in [1.54, 1.807) is 0 Å². The number of oxime groups is 1. The molecule has 1 aromatic heterocycles. The van der Waals surface area contributed by atoms with Gasteiger partial charge in [0.2, 0.25) is 0 Å². The van der Waals surface area contributed by atoms with E-state index < -0.39 is 0 Å². The van der Waals surface area contributed by atoms with Gasteiger partial charge >= 0.3 is 0 Å². The summed E-state index contributed by atoms with van der Waals surface area (Å²) in [6, 6.07) is 9.95. The number of nitrogens with one attached hydrogen (secondary N) is 1. The Morgan fingerprint density at radius 1 is 1.21 bits per heavy atom. The molecule has 1 atom stereocenters. The highest BCUT2D eigenvalue weighted by Gasteiger charge is 2.44. The summed E-state index contributed by atoms with van der Waals surface area (Å²) in [7, 11) is 0. The number of piperidine rings is 1. The fourth-order valence-electron chi connectivity index (χ4n) is 5.12. The minimum absolute atomic E-state index is 0.0387. The third-order valence-electron chi connectivity index (χ3n) is 6.90. The van der Waals surface area contributed by atoms with E-state index in [2.05, 4.69) is 22.0 Å². The Bertz CT molecular complexity index is 974. The van der Waals surface area contributed by atoms with Gasteiger partial charge in [0.25, 0.3) is 5.56 Å². The predicted octanol–water partition coefficient (Wildman–Crippen LogP) is 3.27. The second-order valence-electron chi connectivity index (χ2n) is 8.63. The fourth-order valence-corrected chi connectivity index (χ4v) is 5.12. The lowest BCUT2D eigenvalue weighted by atomic mass is 9.76. The Balaban J connectivity index is 1.33. The lowest BCUT2D eigenvalue weighted by Gasteiger charge is -2.40. The topological polar surface area (TPSA) is 70.6 Å². The molecular formula is C23H28N4O2. The summed E-state index contributed by atoms with van der Waals surface area (Å²) in [6.45, 7) is 5.12. The number of likely N-dealkylation sites (tertiary alicyclic amines) is 1. The average molecular weight is 393 g/mol. The lowest BCUT2D eigenvalue weighted by molar-refractivity contribution is 0.0380. The molecule has 1 aromatic carbocycles. The van der Waals surface area contributed by atoms with Gasteiger partial charge in [-0.3, -0.25) is 9.69 Å². The highest BCUT2D eigenvalue weighted by molar-refractivity contribution is 5.85. The molecule has 29 heavy (non-hydrogen) atoms. The Labute approximate surface area is 171 Å². The summed E-state index contributed by atoms with van der Waals surface area (Å²) in [5.74, 6) is 0.696. The standard InChI is InChI=1S/C23H28N4O2/c1-2-17-14-18(29-26-17)15-27-12-10-23(11-13-27)9-8-19-20(23)24-21(25-22(19)28)16-6-4-3-5-7-16/h3-7,18H,2,8-15H2,1H3,(H,24,25,28). The number of hydrogen-bond donors (Lipinski definition) is 1. The van der Waals surface area contributed by atoms with Gasteiger partial charge in [0.05, 0.1) is 11.4 Å². The second-order valence-corrected chi connectivity index (χ2v) is 8.63. The van der Waals surface area contributed by atoms with E-state index >= 15 is 0 Å². The third-order valence-corrected chi connectivity index (χ3v) is 6.90. The second kappa shape index (κ2) is 7.41. The molecule has 5 rings (SSSR count). The molecule has 1 N–H and O–H groups in total. The molecule has 3 aliphatic rings. The van der Waals surface area contributed by atoms with Crippen LogP contribution in [0.5, 0.6) is 0 Å². The minimum atomic E-state index is 0.0387. The van der Waals surface area contributed by atoms with Crippen LogP contribution in [0.2, 0.25) is 0 Å². The smallest absolute Gasteiger partial charge is 0.254 e. The maximum Gasteiger partial charge on any atom is 0.254 e. The van der Waals surface area contributed by atoms with Crippen molar-refractivity contribution in [2.45, 2.75) is 57.0 Å². The van der Waals surface area contributed by atoms with Gasteiger partial charge in [0, 0.05) is 29.5 Å². The molecule has 2 aromatic rings. The van der Waals surface area contributed by atoms with Gasteiger partial charge in [-0.2, -0.15) is 0 Å².